The number of hydrogen-bond donors (Lipinski definition) is 2. The van der Waals surface area contributed by atoms with E-state index >= 15 is 0 Å². The Hall–Kier alpha value is -2.27. The lowest BCUT2D eigenvalue weighted by Gasteiger charge is -2.04. The van der Waals surface area contributed by atoms with Gasteiger partial charge in [0.2, 0.25) is 0 Å². The van der Waals surface area contributed by atoms with Crippen LogP contribution in [-0.2, 0) is 17.9 Å². The number of hydrogen-bond acceptors (Lipinski definition) is 5. The molecule has 1 heterocycles. The van der Waals surface area contributed by atoms with Gasteiger partial charge in [0.15, 0.2) is 0 Å². The number of benzene rings is 1. The fraction of sp³-hybridized carbons (Fsp3) is 0.214. The smallest absolute Gasteiger partial charge is 0.341 e. The van der Waals surface area contributed by atoms with E-state index in [2.05, 4.69) is 10.1 Å². The van der Waals surface area contributed by atoms with Crippen molar-refractivity contribution >= 4 is 11.7 Å². The molecule has 0 aliphatic carbocycles. The molecule has 2 aromatic rings. The van der Waals surface area contributed by atoms with E-state index < -0.39 is 5.97 Å². The number of furan rings is 1. The monoisotopic (exact) mass is 261 g/mol. The molecule has 0 saturated carbocycles. The highest BCUT2D eigenvalue weighted by Gasteiger charge is 2.09. The molecule has 0 spiro atoms. The number of nitrogens with one attached hydrogen (secondary N) is 1. The first-order valence-electron chi connectivity index (χ1n) is 5.82. The van der Waals surface area contributed by atoms with Gasteiger partial charge in [-0.1, -0.05) is 12.1 Å². The molecule has 0 aliphatic rings. The van der Waals surface area contributed by atoms with Crippen LogP contribution in [0.5, 0.6) is 0 Å². The number of esters is 1. The van der Waals surface area contributed by atoms with Gasteiger partial charge in [0.1, 0.15) is 12.0 Å². The van der Waals surface area contributed by atoms with Crippen molar-refractivity contribution < 1.29 is 19.1 Å². The van der Waals surface area contributed by atoms with Crippen LogP contribution in [-0.4, -0.2) is 18.2 Å². The Balaban J connectivity index is 1.94. The Bertz CT molecular complexity index is 545. The van der Waals surface area contributed by atoms with Gasteiger partial charge in [0, 0.05) is 5.69 Å². The van der Waals surface area contributed by atoms with Crippen molar-refractivity contribution in [2.45, 2.75) is 13.2 Å². The summed E-state index contributed by atoms with van der Waals surface area (Å²) in [5.41, 5.74) is 2.17. The minimum absolute atomic E-state index is 0.0287. The van der Waals surface area contributed by atoms with Crippen molar-refractivity contribution in [3.63, 3.8) is 0 Å². The lowest BCUT2D eigenvalue weighted by molar-refractivity contribution is 0.0600. The van der Waals surface area contributed by atoms with Gasteiger partial charge in [0.25, 0.3) is 0 Å². The Kier molecular flexibility index (Phi) is 4.20. The third-order valence-corrected chi connectivity index (χ3v) is 2.68. The van der Waals surface area contributed by atoms with Crippen molar-refractivity contribution in [1.29, 1.82) is 0 Å². The SMILES string of the molecule is COC(=O)c1coc(CNc2ccc(CO)cc2)c1. The second-order valence-electron chi connectivity index (χ2n) is 4.00. The molecule has 1 aromatic carbocycles. The topological polar surface area (TPSA) is 71.7 Å². The van der Waals surface area contributed by atoms with Crippen LogP contribution in [0.25, 0.3) is 0 Å². The summed E-state index contributed by atoms with van der Waals surface area (Å²) < 4.78 is 9.85. The summed E-state index contributed by atoms with van der Waals surface area (Å²) in [5, 5.41) is 12.1. The quantitative estimate of drug-likeness (QED) is 0.807. The van der Waals surface area contributed by atoms with Crippen molar-refractivity contribution in [2.75, 3.05) is 12.4 Å². The number of ether oxygens (including phenoxy) is 1. The van der Waals surface area contributed by atoms with Gasteiger partial charge in [-0.2, -0.15) is 0 Å². The maximum absolute atomic E-state index is 11.2. The Morgan fingerprint density at radius 3 is 2.74 bits per heavy atom. The van der Waals surface area contributed by atoms with Crippen LogP contribution in [0.4, 0.5) is 5.69 Å². The molecule has 0 fully saturated rings. The maximum Gasteiger partial charge on any atom is 0.341 e. The largest absolute Gasteiger partial charge is 0.467 e. The molecule has 0 unspecified atom stereocenters. The number of rotatable bonds is 5. The summed E-state index contributed by atoms with van der Waals surface area (Å²) in [6.45, 7) is 0.496. The molecular formula is C14H15NO4. The first kappa shape index (κ1) is 13.2. The molecule has 2 rings (SSSR count). The van der Waals surface area contributed by atoms with Gasteiger partial charge in [0.05, 0.1) is 25.8 Å². The van der Waals surface area contributed by atoms with Gasteiger partial charge in [-0.15, -0.1) is 0 Å². The first-order chi connectivity index (χ1) is 9.22. The molecule has 1 aromatic heterocycles. The van der Waals surface area contributed by atoms with Crippen molar-refractivity contribution in [2.24, 2.45) is 0 Å². The Morgan fingerprint density at radius 2 is 2.11 bits per heavy atom. The number of aliphatic hydroxyl groups is 1. The standard InChI is InChI=1S/C14H15NO4/c1-18-14(17)11-6-13(19-9-11)7-15-12-4-2-10(8-16)3-5-12/h2-6,9,15-16H,7-8H2,1H3. The van der Waals surface area contributed by atoms with E-state index in [4.69, 9.17) is 9.52 Å². The fourth-order valence-electron chi connectivity index (χ4n) is 1.62. The fourth-order valence-corrected chi connectivity index (χ4v) is 1.62. The summed E-state index contributed by atoms with van der Waals surface area (Å²) in [4.78, 5) is 11.2. The van der Waals surface area contributed by atoms with E-state index in [1.54, 1.807) is 6.07 Å². The van der Waals surface area contributed by atoms with Gasteiger partial charge >= 0.3 is 5.97 Å². The molecule has 5 heteroatoms. The number of methoxy groups -OCH3 is 1. The molecule has 0 bridgehead atoms. The minimum Gasteiger partial charge on any atom is -0.467 e. The number of carbonyl (C=O) groups excluding carboxylic acids is 1. The molecule has 0 amide bonds. The lowest BCUT2D eigenvalue weighted by Crippen LogP contribution is -2.00. The molecule has 0 saturated heterocycles. The molecule has 100 valence electrons. The van der Waals surface area contributed by atoms with Crippen molar-refractivity contribution in [3.05, 3.63) is 53.5 Å². The van der Waals surface area contributed by atoms with Crippen LogP contribution in [0, 0.1) is 0 Å². The molecule has 5 nitrogen and oxygen atoms in total. The van der Waals surface area contributed by atoms with E-state index in [-0.39, 0.29) is 6.61 Å². The Morgan fingerprint density at radius 1 is 1.37 bits per heavy atom. The van der Waals surface area contributed by atoms with Crippen LogP contribution in [0.1, 0.15) is 21.7 Å². The van der Waals surface area contributed by atoms with Crippen LogP contribution < -0.4 is 5.32 Å². The average molecular weight is 261 g/mol. The van der Waals surface area contributed by atoms with Crippen LogP contribution >= 0.6 is 0 Å². The summed E-state index contributed by atoms with van der Waals surface area (Å²) >= 11 is 0. The summed E-state index contributed by atoms with van der Waals surface area (Å²) in [6.07, 6.45) is 1.37. The lowest BCUT2D eigenvalue weighted by atomic mass is 10.2. The molecule has 19 heavy (non-hydrogen) atoms. The molecule has 2 N–H and O–H groups in total. The van der Waals surface area contributed by atoms with Gasteiger partial charge < -0.3 is 19.6 Å². The second kappa shape index (κ2) is 6.06. The van der Waals surface area contributed by atoms with Gasteiger partial charge in [-0.05, 0) is 23.8 Å². The Labute approximate surface area is 110 Å². The minimum atomic E-state index is -0.415. The van der Waals surface area contributed by atoms with E-state index in [0.29, 0.717) is 17.9 Å². The predicted octanol–water partition coefficient (Wildman–Crippen LogP) is 2.17. The molecule has 0 radical (unpaired) electrons. The highest BCUT2D eigenvalue weighted by Crippen LogP contribution is 2.13. The number of anilines is 1. The van der Waals surface area contributed by atoms with E-state index in [1.807, 2.05) is 24.3 Å². The maximum atomic E-state index is 11.2. The molecule has 0 aliphatic heterocycles. The second-order valence-corrected chi connectivity index (χ2v) is 4.00. The highest BCUT2D eigenvalue weighted by atomic mass is 16.5. The predicted molar refractivity (Wildman–Crippen MR) is 69.7 cm³/mol. The molecular weight excluding hydrogens is 246 g/mol. The zero-order valence-corrected chi connectivity index (χ0v) is 10.6. The zero-order valence-electron chi connectivity index (χ0n) is 10.6. The van der Waals surface area contributed by atoms with Gasteiger partial charge in [-0.3, -0.25) is 0 Å². The van der Waals surface area contributed by atoms with Crippen molar-refractivity contribution in [3.8, 4) is 0 Å². The number of carbonyl (C=O) groups is 1. The van der Waals surface area contributed by atoms with Gasteiger partial charge in [-0.25, -0.2) is 4.79 Å². The van der Waals surface area contributed by atoms with E-state index in [9.17, 15) is 4.79 Å². The first-order valence-corrected chi connectivity index (χ1v) is 5.82. The highest BCUT2D eigenvalue weighted by molar-refractivity contribution is 5.88. The van der Waals surface area contributed by atoms with Crippen molar-refractivity contribution in [1.82, 2.24) is 0 Å². The summed E-state index contributed by atoms with van der Waals surface area (Å²) in [6, 6.07) is 9.06. The third kappa shape index (κ3) is 3.35. The normalized spacial score (nSPS) is 10.2. The van der Waals surface area contributed by atoms with Crippen LogP contribution in [0.15, 0.2) is 41.0 Å². The van der Waals surface area contributed by atoms with Crippen LogP contribution in [0.3, 0.4) is 0 Å². The van der Waals surface area contributed by atoms with E-state index in [0.717, 1.165) is 11.3 Å². The third-order valence-electron chi connectivity index (χ3n) is 2.68. The summed E-state index contributed by atoms with van der Waals surface area (Å²) in [7, 11) is 1.33. The van der Waals surface area contributed by atoms with E-state index in [1.165, 1.54) is 13.4 Å². The number of aliphatic hydroxyl groups excluding tert-OH is 1. The zero-order chi connectivity index (χ0) is 13.7. The van der Waals surface area contributed by atoms with Crippen LogP contribution in [0.2, 0.25) is 0 Å². The summed E-state index contributed by atoms with van der Waals surface area (Å²) in [5.74, 6) is 0.230. The average Bonchev–Trinajstić information content (AvgIpc) is 2.93. The molecule has 0 atom stereocenters.